The van der Waals surface area contributed by atoms with Crippen LogP contribution in [0.5, 0.6) is 0 Å². The summed E-state index contributed by atoms with van der Waals surface area (Å²) < 4.78 is 18.9. The molecule has 3 heteroatoms. The summed E-state index contributed by atoms with van der Waals surface area (Å²) in [6, 6.07) is 16.7. The second kappa shape index (κ2) is 7.78. The van der Waals surface area contributed by atoms with Crippen LogP contribution in [0.15, 0.2) is 54.6 Å². The third kappa shape index (κ3) is 4.44. The number of rotatable bonds is 7. The highest BCUT2D eigenvalue weighted by Gasteiger charge is 2.10. The molecular weight excluding hydrogens is 253 g/mol. The first-order valence-corrected chi connectivity index (χ1v) is 6.87. The lowest BCUT2D eigenvalue weighted by atomic mass is 9.96. The maximum absolute atomic E-state index is 13.2. The average Bonchev–Trinajstić information content (AvgIpc) is 2.48. The largest absolute Gasteiger partial charge is 0.377 e. The van der Waals surface area contributed by atoms with Crippen molar-refractivity contribution in [3.05, 3.63) is 71.5 Å². The maximum atomic E-state index is 13.2. The summed E-state index contributed by atoms with van der Waals surface area (Å²) in [7, 11) is 0. The number of hydrogen-bond acceptors (Lipinski definition) is 2. The fraction of sp³-hybridized carbons (Fsp3) is 0.294. The molecule has 0 amide bonds. The Morgan fingerprint density at radius 2 is 1.85 bits per heavy atom. The van der Waals surface area contributed by atoms with E-state index in [0.717, 1.165) is 17.5 Å². The molecule has 106 valence electrons. The van der Waals surface area contributed by atoms with E-state index in [1.54, 1.807) is 12.1 Å². The van der Waals surface area contributed by atoms with Crippen LogP contribution < -0.4 is 5.73 Å². The molecule has 0 saturated heterocycles. The van der Waals surface area contributed by atoms with Crippen LogP contribution in [0, 0.1) is 5.82 Å². The summed E-state index contributed by atoms with van der Waals surface area (Å²) >= 11 is 0. The van der Waals surface area contributed by atoms with Crippen molar-refractivity contribution in [2.24, 2.45) is 5.73 Å². The van der Waals surface area contributed by atoms with Gasteiger partial charge in [0.15, 0.2) is 0 Å². The molecule has 0 heterocycles. The summed E-state index contributed by atoms with van der Waals surface area (Å²) in [6.45, 7) is 1.71. The van der Waals surface area contributed by atoms with E-state index in [-0.39, 0.29) is 11.7 Å². The zero-order chi connectivity index (χ0) is 14.2. The molecule has 0 fully saturated rings. The molecule has 0 spiro atoms. The lowest BCUT2D eigenvalue weighted by Gasteiger charge is -2.15. The fourth-order valence-corrected chi connectivity index (χ4v) is 2.17. The van der Waals surface area contributed by atoms with Crippen molar-refractivity contribution < 1.29 is 9.13 Å². The zero-order valence-electron chi connectivity index (χ0n) is 11.5. The summed E-state index contributed by atoms with van der Waals surface area (Å²) in [6.07, 6.45) is 0.798. The molecule has 2 aromatic carbocycles. The van der Waals surface area contributed by atoms with Crippen LogP contribution in [-0.2, 0) is 11.3 Å². The van der Waals surface area contributed by atoms with Gasteiger partial charge in [-0.1, -0.05) is 42.5 Å². The molecule has 0 aromatic heterocycles. The van der Waals surface area contributed by atoms with E-state index in [1.807, 2.05) is 36.4 Å². The second-order valence-electron chi connectivity index (χ2n) is 4.81. The van der Waals surface area contributed by atoms with Crippen LogP contribution in [-0.4, -0.2) is 13.2 Å². The zero-order valence-corrected chi connectivity index (χ0v) is 11.5. The lowest BCUT2D eigenvalue weighted by Crippen LogP contribution is -2.15. The van der Waals surface area contributed by atoms with Gasteiger partial charge in [0.2, 0.25) is 0 Å². The topological polar surface area (TPSA) is 35.2 Å². The van der Waals surface area contributed by atoms with Gasteiger partial charge in [-0.2, -0.15) is 0 Å². The molecule has 0 unspecified atom stereocenters. The molecule has 0 bridgehead atoms. The first kappa shape index (κ1) is 14.7. The molecular formula is C17H20FNO. The van der Waals surface area contributed by atoms with Crippen molar-refractivity contribution in [2.45, 2.75) is 18.9 Å². The Labute approximate surface area is 119 Å². The van der Waals surface area contributed by atoms with Crippen molar-refractivity contribution in [1.29, 1.82) is 0 Å². The Bertz CT molecular complexity index is 515. The van der Waals surface area contributed by atoms with Gasteiger partial charge in [0, 0.05) is 6.61 Å². The molecule has 1 atom stereocenters. The monoisotopic (exact) mass is 273 g/mol. The van der Waals surface area contributed by atoms with Crippen molar-refractivity contribution in [3.8, 4) is 0 Å². The SMILES string of the molecule is NC[C@@H](CCOCc1ccccc1)c1cccc(F)c1. The third-order valence-corrected chi connectivity index (χ3v) is 3.33. The molecule has 2 nitrogen and oxygen atoms in total. The van der Waals surface area contributed by atoms with Gasteiger partial charge in [0.05, 0.1) is 6.61 Å². The summed E-state index contributed by atoms with van der Waals surface area (Å²) in [5, 5.41) is 0. The van der Waals surface area contributed by atoms with Crippen molar-refractivity contribution in [2.75, 3.05) is 13.2 Å². The molecule has 2 rings (SSSR count). The van der Waals surface area contributed by atoms with Gasteiger partial charge in [-0.25, -0.2) is 4.39 Å². The number of ether oxygens (including phenoxy) is 1. The Morgan fingerprint density at radius 1 is 1.05 bits per heavy atom. The molecule has 0 saturated carbocycles. The second-order valence-corrected chi connectivity index (χ2v) is 4.81. The van der Waals surface area contributed by atoms with Crippen molar-refractivity contribution in [3.63, 3.8) is 0 Å². The summed E-state index contributed by atoms with van der Waals surface area (Å²) in [5.74, 6) is -0.0763. The number of hydrogen-bond donors (Lipinski definition) is 1. The Kier molecular flexibility index (Phi) is 5.71. The van der Waals surface area contributed by atoms with Gasteiger partial charge in [0.1, 0.15) is 5.82 Å². The van der Waals surface area contributed by atoms with Gasteiger partial charge >= 0.3 is 0 Å². The van der Waals surface area contributed by atoms with E-state index >= 15 is 0 Å². The number of nitrogens with two attached hydrogens (primary N) is 1. The van der Waals surface area contributed by atoms with Crippen molar-refractivity contribution in [1.82, 2.24) is 0 Å². The van der Waals surface area contributed by atoms with Crippen LogP contribution in [0.4, 0.5) is 4.39 Å². The molecule has 0 radical (unpaired) electrons. The fourth-order valence-electron chi connectivity index (χ4n) is 2.17. The molecule has 20 heavy (non-hydrogen) atoms. The van der Waals surface area contributed by atoms with Crippen LogP contribution >= 0.6 is 0 Å². The quantitative estimate of drug-likeness (QED) is 0.784. The van der Waals surface area contributed by atoms with Crippen LogP contribution in [0.1, 0.15) is 23.5 Å². The minimum absolute atomic E-state index is 0.140. The van der Waals surface area contributed by atoms with Crippen molar-refractivity contribution >= 4 is 0 Å². The molecule has 2 N–H and O–H groups in total. The summed E-state index contributed by atoms with van der Waals surface area (Å²) in [5.41, 5.74) is 7.87. The predicted octanol–water partition coefficient (Wildman–Crippen LogP) is 3.47. The van der Waals surface area contributed by atoms with Gasteiger partial charge in [-0.05, 0) is 42.1 Å². The van der Waals surface area contributed by atoms with E-state index in [4.69, 9.17) is 10.5 Å². The Hall–Kier alpha value is -1.71. The highest BCUT2D eigenvalue weighted by Crippen LogP contribution is 2.19. The van der Waals surface area contributed by atoms with Gasteiger partial charge in [-0.15, -0.1) is 0 Å². The Morgan fingerprint density at radius 3 is 2.55 bits per heavy atom. The Balaban J connectivity index is 1.80. The van der Waals surface area contributed by atoms with Crippen LogP contribution in [0.2, 0.25) is 0 Å². The van der Waals surface area contributed by atoms with E-state index in [1.165, 1.54) is 6.07 Å². The van der Waals surface area contributed by atoms with Gasteiger partial charge in [0.25, 0.3) is 0 Å². The van der Waals surface area contributed by atoms with E-state index in [0.29, 0.717) is 19.8 Å². The highest BCUT2D eigenvalue weighted by molar-refractivity contribution is 5.21. The lowest BCUT2D eigenvalue weighted by molar-refractivity contribution is 0.114. The minimum Gasteiger partial charge on any atom is -0.377 e. The van der Waals surface area contributed by atoms with Crippen LogP contribution in [0.3, 0.4) is 0 Å². The van der Waals surface area contributed by atoms with E-state index in [2.05, 4.69) is 0 Å². The number of benzene rings is 2. The minimum atomic E-state index is -0.217. The predicted molar refractivity (Wildman–Crippen MR) is 78.9 cm³/mol. The van der Waals surface area contributed by atoms with Gasteiger partial charge in [-0.3, -0.25) is 0 Å². The first-order valence-electron chi connectivity index (χ1n) is 6.87. The highest BCUT2D eigenvalue weighted by atomic mass is 19.1. The smallest absolute Gasteiger partial charge is 0.123 e. The molecule has 0 aliphatic carbocycles. The first-order chi connectivity index (χ1) is 9.79. The molecule has 0 aliphatic heterocycles. The van der Waals surface area contributed by atoms with E-state index in [9.17, 15) is 4.39 Å². The van der Waals surface area contributed by atoms with Gasteiger partial charge < -0.3 is 10.5 Å². The summed E-state index contributed by atoms with van der Waals surface area (Å²) in [4.78, 5) is 0. The number of halogens is 1. The third-order valence-electron chi connectivity index (χ3n) is 3.33. The molecule has 2 aromatic rings. The maximum Gasteiger partial charge on any atom is 0.123 e. The standard InChI is InChI=1S/C17H20FNO/c18-17-8-4-7-15(11-17)16(12-19)9-10-20-13-14-5-2-1-3-6-14/h1-8,11,16H,9-10,12-13,19H2/t16-/m1/s1. The van der Waals surface area contributed by atoms with Crippen LogP contribution in [0.25, 0.3) is 0 Å². The average molecular weight is 273 g/mol. The molecule has 0 aliphatic rings. The van der Waals surface area contributed by atoms with E-state index < -0.39 is 0 Å². The normalized spacial score (nSPS) is 12.3.